The molecule has 0 radical (unpaired) electrons. The number of esters is 1. The van der Waals surface area contributed by atoms with E-state index in [2.05, 4.69) is 15.4 Å². The summed E-state index contributed by atoms with van der Waals surface area (Å²) in [5.74, 6) is -1.63. The second kappa shape index (κ2) is 12.4. The van der Waals surface area contributed by atoms with E-state index in [9.17, 15) is 19.2 Å². The minimum Gasteiger partial charge on any atom is -0.469 e. The molecule has 3 rings (SSSR count). The lowest BCUT2D eigenvalue weighted by atomic mass is 9.97. The lowest BCUT2D eigenvalue weighted by Gasteiger charge is -2.16. The van der Waals surface area contributed by atoms with Crippen molar-refractivity contribution in [2.24, 2.45) is 0 Å². The van der Waals surface area contributed by atoms with Gasteiger partial charge in [0.1, 0.15) is 0 Å². The van der Waals surface area contributed by atoms with Crippen LogP contribution in [0, 0.1) is 6.92 Å². The van der Waals surface area contributed by atoms with Crippen LogP contribution in [0.25, 0.3) is 0 Å². The Morgan fingerprint density at radius 1 is 0.861 bits per heavy atom. The molecule has 3 aromatic rings. The Bertz CT molecular complexity index is 1240. The van der Waals surface area contributed by atoms with Crippen molar-refractivity contribution in [3.63, 3.8) is 0 Å². The van der Waals surface area contributed by atoms with Crippen molar-refractivity contribution in [1.29, 1.82) is 0 Å². The van der Waals surface area contributed by atoms with Gasteiger partial charge < -0.3 is 15.4 Å². The van der Waals surface area contributed by atoms with E-state index in [1.165, 1.54) is 7.11 Å². The van der Waals surface area contributed by atoms with Gasteiger partial charge in [0.05, 0.1) is 18.7 Å². The van der Waals surface area contributed by atoms with Crippen molar-refractivity contribution in [1.82, 2.24) is 0 Å². The molecule has 7 nitrogen and oxygen atoms in total. The molecular formula is C29H30N2O5. The first kappa shape index (κ1) is 26.3. The van der Waals surface area contributed by atoms with Crippen LogP contribution in [0.1, 0.15) is 59.2 Å². The second-order valence-electron chi connectivity index (χ2n) is 8.55. The zero-order valence-electron chi connectivity index (χ0n) is 20.7. The van der Waals surface area contributed by atoms with Gasteiger partial charge >= 0.3 is 5.97 Å². The minimum absolute atomic E-state index is 0.129. The maximum atomic E-state index is 13.3. The first-order valence-electron chi connectivity index (χ1n) is 11.8. The van der Waals surface area contributed by atoms with Crippen LogP contribution in [0.2, 0.25) is 0 Å². The SMILES string of the molecule is COC(=O)CCCC(=O)Nc1ccc(NC(=O)C(C)c2ccc(C)cc2)c(C(=O)c2ccccc2)c1. The molecule has 36 heavy (non-hydrogen) atoms. The van der Waals surface area contributed by atoms with E-state index < -0.39 is 5.92 Å². The molecule has 186 valence electrons. The zero-order chi connectivity index (χ0) is 26.1. The van der Waals surface area contributed by atoms with Crippen LogP contribution in [-0.2, 0) is 19.1 Å². The number of anilines is 2. The Balaban J connectivity index is 1.82. The number of hydrogen-bond acceptors (Lipinski definition) is 5. The minimum atomic E-state index is -0.431. The van der Waals surface area contributed by atoms with Crippen LogP contribution in [0.3, 0.4) is 0 Å². The monoisotopic (exact) mass is 486 g/mol. The van der Waals surface area contributed by atoms with Crippen LogP contribution >= 0.6 is 0 Å². The first-order chi connectivity index (χ1) is 17.3. The Morgan fingerprint density at radius 3 is 2.22 bits per heavy atom. The molecule has 0 fully saturated rings. The largest absolute Gasteiger partial charge is 0.469 e. The first-order valence-corrected chi connectivity index (χ1v) is 11.8. The number of ketones is 1. The molecule has 0 aliphatic carbocycles. The van der Waals surface area contributed by atoms with Crippen molar-refractivity contribution in [3.05, 3.63) is 95.1 Å². The number of ether oxygens (including phenoxy) is 1. The number of aryl methyl sites for hydroxylation is 1. The molecule has 0 spiro atoms. The maximum Gasteiger partial charge on any atom is 0.305 e. The number of carbonyl (C=O) groups excluding carboxylic acids is 4. The Labute approximate surface area is 210 Å². The molecule has 7 heteroatoms. The fourth-order valence-corrected chi connectivity index (χ4v) is 3.63. The summed E-state index contributed by atoms with van der Waals surface area (Å²) in [4.78, 5) is 50.0. The van der Waals surface area contributed by atoms with Gasteiger partial charge in [0.25, 0.3) is 0 Å². The predicted octanol–water partition coefficient (Wildman–Crippen LogP) is 5.25. The van der Waals surface area contributed by atoms with E-state index in [0.29, 0.717) is 23.4 Å². The zero-order valence-corrected chi connectivity index (χ0v) is 20.7. The van der Waals surface area contributed by atoms with Crippen molar-refractivity contribution in [3.8, 4) is 0 Å². The van der Waals surface area contributed by atoms with Gasteiger partial charge in [-0.25, -0.2) is 0 Å². The molecule has 0 bridgehead atoms. The summed E-state index contributed by atoms with van der Waals surface area (Å²) in [5, 5.41) is 5.64. The van der Waals surface area contributed by atoms with Gasteiger partial charge in [-0.1, -0.05) is 60.2 Å². The van der Waals surface area contributed by atoms with E-state index >= 15 is 0 Å². The molecule has 3 aromatic carbocycles. The van der Waals surface area contributed by atoms with Crippen molar-refractivity contribution >= 4 is 34.9 Å². The number of benzene rings is 3. The fourth-order valence-electron chi connectivity index (χ4n) is 3.63. The van der Waals surface area contributed by atoms with Crippen LogP contribution in [-0.4, -0.2) is 30.7 Å². The molecule has 0 aromatic heterocycles. The van der Waals surface area contributed by atoms with Crippen LogP contribution in [0.4, 0.5) is 11.4 Å². The third-order valence-electron chi connectivity index (χ3n) is 5.82. The molecule has 0 aliphatic heterocycles. The van der Waals surface area contributed by atoms with E-state index in [4.69, 9.17) is 0 Å². The number of nitrogens with one attached hydrogen (secondary N) is 2. The highest BCUT2D eigenvalue weighted by Crippen LogP contribution is 2.26. The van der Waals surface area contributed by atoms with E-state index in [1.54, 1.807) is 42.5 Å². The van der Waals surface area contributed by atoms with Crippen molar-refractivity contribution in [2.45, 2.75) is 39.0 Å². The summed E-state index contributed by atoms with van der Waals surface area (Å²) in [6.45, 7) is 3.79. The van der Waals surface area contributed by atoms with Crippen LogP contribution in [0.15, 0.2) is 72.8 Å². The molecule has 0 saturated heterocycles. The van der Waals surface area contributed by atoms with Gasteiger partial charge in [-0.05, 0) is 44.0 Å². The quantitative estimate of drug-likeness (QED) is 0.301. The predicted molar refractivity (Wildman–Crippen MR) is 139 cm³/mol. The van der Waals surface area contributed by atoms with Gasteiger partial charge in [0, 0.05) is 29.7 Å². The van der Waals surface area contributed by atoms with Crippen molar-refractivity contribution in [2.75, 3.05) is 17.7 Å². The van der Waals surface area contributed by atoms with Gasteiger partial charge in [-0.15, -0.1) is 0 Å². The highest BCUT2D eigenvalue weighted by Gasteiger charge is 2.20. The second-order valence-corrected chi connectivity index (χ2v) is 8.55. The van der Waals surface area contributed by atoms with Crippen LogP contribution in [0.5, 0.6) is 0 Å². The molecule has 2 N–H and O–H groups in total. The standard InChI is InChI=1S/C29H30N2O5/c1-19-12-14-21(15-13-19)20(2)29(35)31-25-17-16-23(30-26(32)10-7-11-27(33)36-3)18-24(25)28(34)22-8-5-4-6-9-22/h4-6,8-9,12-18,20H,7,10-11H2,1-3H3,(H,30,32)(H,31,35). The summed E-state index contributed by atoms with van der Waals surface area (Å²) in [7, 11) is 1.30. The lowest BCUT2D eigenvalue weighted by Crippen LogP contribution is -2.21. The molecular weight excluding hydrogens is 456 g/mol. The summed E-state index contributed by atoms with van der Waals surface area (Å²) >= 11 is 0. The molecule has 1 unspecified atom stereocenters. The van der Waals surface area contributed by atoms with Gasteiger partial charge in [0.2, 0.25) is 11.8 Å². The summed E-state index contributed by atoms with van der Waals surface area (Å²) in [6, 6.07) is 21.2. The molecule has 0 saturated carbocycles. The Kier molecular flexibility index (Phi) is 9.11. The Morgan fingerprint density at radius 2 is 1.56 bits per heavy atom. The highest BCUT2D eigenvalue weighted by atomic mass is 16.5. The summed E-state index contributed by atoms with van der Waals surface area (Å²) < 4.78 is 4.59. The van der Waals surface area contributed by atoms with Gasteiger partial charge in [-0.2, -0.15) is 0 Å². The van der Waals surface area contributed by atoms with Gasteiger partial charge in [0.15, 0.2) is 5.78 Å². The maximum absolute atomic E-state index is 13.3. The summed E-state index contributed by atoms with van der Waals surface area (Å²) in [6.07, 6.45) is 0.620. The third kappa shape index (κ3) is 7.12. The topological polar surface area (TPSA) is 102 Å². The molecule has 0 aliphatic rings. The average Bonchev–Trinajstić information content (AvgIpc) is 2.89. The van der Waals surface area contributed by atoms with E-state index in [0.717, 1.165) is 11.1 Å². The van der Waals surface area contributed by atoms with E-state index in [1.807, 2.05) is 44.2 Å². The van der Waals surface area contributed by atoms with Crippen LogP contribution < -0.4 is 10.6 Å². The average molecular weight is 487 g/mol. The number of methoxy groups -OCH3 is 1. The number of hydrogen-bond donors (Lipinski definition) is 2. The number of rotatable bonds is 10. The smallest absolute Gasteiger partial charge is 0.305 e. The van der Waals surface area contributed by atoms with E-state index in [-0.39, 0.29) is 42.0 Å². The van der Waals surface area contributed by atoms with Gasteiger partial charge in [-0.3, -0.25) is 19.2 Å². The lowest BCUT2D eigenvalue weighted by molar-refractivity contribution is -0.140. The Hall–Kier alpha value is -4.26. The van der Waals surface area contributed by atoms with Crippen molar-refractivity contribution < 1.29 is 23.9 Å². The molecule has 2 amide bonds. The fraction of sp³-hybridized carbons (Fsp3) is 0.241. The number of carbonyl (C=O) groups is 4. The highest BCUT2D eigenvalue weighted by molar-refractivity contribution is 6.15. The molecule has 0 heterocycles. The normalized spacial score (nSPS) is 11.3. The molecule has 1 atom stereocenters. The summed E-state index contributed by atoms with van der Waals surface area (Å²) in [5.41, 5.74) is 3.47. The number of amides is 2. The third-order valence-corrected chi connectivity index (χ3v) is 5.82.